The van der Waals surface area contributed by atoms with Gasteiger partial charge in [-0.2, -0.15) is 0 Å². The van der Waals surface area contributed by atoms with Gasteiger partial charge in [0.1, 0.15) is 0 Å². The van der Waals surface area contributed by atoms with Gasteiger partial charge in [-0.3, -0.25) is 0 Å². The number of amides is 1. The van der Waals surface area contributed by atoms with Crippen molar-refractivity contribution >= 4 is 6.09 Å². The summed E-state index contributed by atoms with van der Waals surface area (Å²) in [7, 11) is 0. The standard InChI is InChI=1S/C11H13NO3/c13-6-9-8-4-2-1-3-7(8)5-10(9)12-11(14)15/h1-4,9-10,12-13H,5-6H2,(H,14,15)/t9-,10?/m1/s1. The van der Waals surface area contributed by atoms with E-state index in [1.54, 1.807) is 0 Å². The Balaban J connectivity index is 2.24. The topological polar surface area (TPSA) is 69.6 Å². The number of aliphatic hydroxyl groups is 1. The maximum atomic E-state index is 10.6. The van der Waals surface area contributed by atoms with Crippen molar-refractivity contribution in [3.8, 4) is 0 Å². The lowest BCUT2D eigenvalue weighted by Gasteiger charge is -2.17. The molecule has 3 N–H and O–H groups in total. The average molecular weight is 207 g/mol. The van der Waals surface area contributed by atoms with Crippen molar-refractivity contribution in [3.05, 3.63) is 35.4 Å². The molecule has 15 heavy (non-hydrogen) atoms. The minimum Gasteiger partial charge on any atom is -0.465 e. The highest BCUT2D eigenvalue weighted by atomic mass is 16.4. The first-order valence-electron chi connectivity index (χ1n) is 4.90. The smallest absolute Gasteiger partial charge is 0.404 e. The lowest BCUT2D eigenvalue weighted by Crippen LogP contribution is -2.37. The quantitative estimate of drug-likeness (QED) is 0.676. The van der Waals surface area contributed by atoms with Gasteiger partial charge in [0.25, 0.3) is 0 Å². The van der Waals surface area contributed by atoms with Crippen LogP contribution in [0.4, 0.5) is 4.79 Å². The van der Waals surface area contributed by atoms with Crippen LogP contribution in [0.15, 0.2) is 24.3 Å². The molecular formula is C11H13NO3. The fraction of sp³-hybridized carbons (Fsp3) is 0.364. The minimum absolute atomic E-state index is 0.0258. The van der Waals surface area contributed by atoms with Crippen LogP contribution >= 0.6 is 0 Å². The summed E-state index contributed by atoms with van der Waals surface area (Å²) in [6, 6.07) is 7.55. The Morgan fingerprint density at radius 3 is 2.87 bits per heavy atom. The Hall–Kier alpha value is -1.55. The lowest BCUT2D eigenvalue weighted by molar-refractivity contribution is 0.182. The number of rotatable bonds is 2. The molecule has 0 saturated carbocycles. The van der Waals surface area contributed by atoms with Gasteiger partial charge in [0, 0.05) is 12.0 Å². The lowest BCUT2D eigenvalue weighted by atomic mass is 10.00. The molecule has 0 heterocycles. The Morgan fingerprint density at radius 2 is 2.20 bits per heavy atom. The second kappa shape index (κ2) is 3.90. The zero-order chi connectivity index (χ0) is 10.8. The predicted octanol–water partition coefficient (Wildman–Crippen LogP) is 0.955. The summed E-state index contributed by atoms with van der Waals surface area (Å²) in [5.74, 6) is -0.114. The van der Waals surface area contributed by atoms with E-state index in [9.17, 15) is 9.90 Å². The summed E-state index contributed by atoms with van der Waals surface area (Å²) in [6.45, 7) is -0.0258. The van der Waals surface area contributed by atoms with Gasteiger partial charge >= 0.3 is 6.09 Å². The van der Waals surface area contributed by atoms with Crippen LogP contribution in [-0.2, 0) is 6.42 Å². The second-order valence-electron chi connectivity index (χ2n) is 3.75. The highest BCUT2D eigenvalue weighted by Crippen LogP contribution is 2.32. The van der Waals surface area contributed by atoms with Gasteiger partial charge < -0.3 is 15.5 Å². The normalized spacial score (nSPS) is 23.5. The third-order valence-electron chi connectivity index (χ3n) is 2.89. The van der Waals surface area contributed by atoms with Gasteiger partial charge in [0.2, 0.25) is 0 Å². The molecule has 0 aromatic heterocycles. The van der Waals surface area contributed by atoms with Gasteiger partial charge in [0.15, 0.2) is 0 Å². The van der Waals surface area contributed by atoms with Crippen LogP contribution in [0.1, 0.15) is 17.0 Å². The van der Waals surface area contributed by atoms with E-state index in [1.807, 2.05) is 24.3 Å². The first kappa shape index (κ1) is 9.98. The van der Waals surface area contributed by atoms with Gasteiger partial charge in [-0.15, -0.1) is 0 Å². The number of fused-ring (bicyclic) bond motifs is 1. The van der Waals surface area contributed by atoms with Crippen molar-refractivity contribution in [2.75, 3.05) is 6.61 Å². The number of carboxylic acid groups (broad SMARTS) is 1. The Labute approximate surface area is 87.6 Å². The SMILES string of the molecule is O=C(O)NC1Cc2ccccc2[C@H]1CO. The zero-order valence-corrected chi connectivity index (χ0v) is 8.18. The highest BCUT2D eigenvalue weighted by Gasteiger charge is 2.32. The van der Waals surface area contributed by atoms with Crippen LogP contribution in [0, 0.1) is 0 Å². The highest BCUT2D eigenvalue weighted by molar-refractivity contribution is 5.65. The molecule has 0 aliphatic heterocycles. The van der Waals surface area contributed by atoms with Crippen LogP contribution < -0.4 is 5.32 Å². The number of hydrogen-bond donors (Lipinski definition) is 3. The molecule has 1 unspecified atom stereocenters. The van der Waals surface area contributed by atoms with E-state index in [4.69, 9.17) is 5.11 Å². The van der Waals surface area contributed by atoms with Gasteiger partial charge in [-0.05, 0) is 17.5 Å². The molecule has 2 rings (SSSR count). The number of aliphatic hydroxyl groups excluding tert-OH is 1. The van der Waals surface area contributed by atoms with E-state index in [-0.39, 0.29) is 18.6 Å². The second-order valence-corrected chi connectivity index (χ2v) is 3.75. The Kier molecular flexibility index (Phi) is 2.60. The summed E-state index contributed by atoms with van der Waals surface area (Å²) in [4.78, 5) is 10.6. The van der Waals surface area contributed by atoms with Crippen molar-refractivity contribution in [3.63, 3.8) is 0 Å². The zero-order valence-electron chi connectivity index (χ0n) is 8.18. The molecule has 0 fully saturated rings. The molecule has 80 valence electrons. The Bertz CT molecular complexity index is 378. The van der Waals surface area contributed by atoms with Crippen molar-refractivity contribution in [1.82, 2.24) is 5.32 Å². The summed E-state index contributed by atoms with van der Waals surface area (Å²) < 4.78 is 0. The molecule has 0 bridgehead atoms. The van der Waals surface area contributed by atoms with Gasteiger partial charge in [-0.1, -0.05) is 24.3 Å². The van der Waals surface area contributed by atoms with Crippen LogP contribution in [0.5, 0.6) is 0 Å². The largest absolute Gasteiger partial charge is 0.465 e. The monoisotopic (exact) mass is 207 g/mol. The van der Waals surface area contributed by atoms with Crippen LogP contribution in [0.3, 0.4) is 0 Å². The average Bonchev–Trinajstić information content (AvgIpc) is 2.53. The number of nitrogens with one attached hydrogen (secondary N) is 1. The molecule has 1 aromatic rings. The van der Waals surface area contributed by atoms with Crippen molar-refractivity contribution in [1.29, 1.82) is 0 Å². The van der Waals surface area contributed by atoms with Crippen LogP contribution in [0.2, 0.25) is 0 Å². The molecule has 1 aliphatic rings. The van der Waals surface area contributed by atoms with E-state index < -0.39 is 6.09 Å². The summed E-state index contributed by atoms with van der Waals surface area (Å²) in [5, 5.41) is 20.4. The van der Waals surface area contributed by atoms with Crippen LogP contribution in [0.25, 0.3) is 0 Å². The third kappa shape index (κ3) is 1.80. The Morgan fingerprint density at radius 1 is 1.47 bits per heavy atom. The fourth-order valence-corrected chi connectivity index (χ4v) is 2.21. The maximum Gasteiger partial charge on any atom is 0.404 e. The summed E-state index contributed by atoms with van der Waals surface area (Å²) in [5.41, 5.74) is 2.18. The minimum atomic E-state index is -1.04. The molecule has 0 spiro atoms. The van der Waals surface area contributed by atoms with Crippen molar-refractivity contribution in [2.24, 2.45) is 0 Å². The molecule has 0 saturated heterocycles. The van der Waals surface area contributed by atoms with Gasteiger partial charge in [-0.25, -0.2) is 4.79 Å². The molecule has 1 aliphatic carbocycles. The summed E-state index contributed by atoms with van der Waals surface area (Å²) >= 11 is 0. The fourth-order valence-electron chi connectivity index (χ4n) is 2.21. The number of carbonyl (C=O) groups is 1. The predicted molar refractivity (Wildman–Crippen MR) is 54.9 cm³/mol. The van der Waals surface area contributed by atoms with Crippen LogP contribution in [-0.4, -0.2) is 29.0 Å². The van der Waals surface area contributed by atoms with E-state index in [0.29, 0.717) is 6.42 Å². The van der Waals surface area contributed by atoms with E-state index >= 15 is 0 Å². The van der Waals surface area contributed by atoms with E-state index in [0.717, 1.165) is 11.1 Å². The van der Waals surface area contributed by atoms with Crippen molar-refractivity contribution < 1.29 is 15.0 Å². The first-order valence-corrected chi connectivity index (χ1v) is 4.90. The first-order chi connectivity index (χ1) is 7.22. The molecule has 2 atom stereocenters. The summed E-state index contributed by atoms with van der Waals surface area (Å²) in [6.07, 6.45) is -0.375. The molecular weight excluding hydrogens is 194 g/mol. The molecule has 1 aromatic carbocycles. The maximum absolute atomic E-state index is 10.6. The number of benzene rings is 1. The van der Waals surface area contributed by atoms with Crippen molar-refractivity contribution in [2.45, 2.75) is 18.4 Å². The van der Waals surface area contributed by atoms with Gasteiger partial charge in [0.05, 0.1) is 6.61 Å². The third-order valence-corrected chi connectivity index (χ3v) is 2.89. The van der Waals surface area contributed by atoms with E-state index in [2.05, 4.69) is 5.32 Å². The molecule has 0 radical (unpaired) electrons. The molecule has 4 nitrogen and oxygen atoms in total. The molecule has 1 amide bonds. The van der Waals surface area contributed by atoms with E-state index in [1.165, 1.54) is 0 Å². The molecule has 4 heteroatoms. The number of hydrogen-bond acceptors (Lipinski definition) is 2.